The summed E-state index contributed by atoms with van der Waals surface area (Å²) in [4.78, 5) is 2.43. The predicted octanol–water partition coefficient (Wildman–Crippen LogP) is 2.49. The SMILES string of the molecule is CCN(Cc1cc(OC)ccc1O)C1CCC(N)CC1. The highest BCUT2D eigenvalue weighted by molar-refractivity contribution is 5.39. The zero-order valence-electron chi connectivity index (χ0n) is 12.5. The number of methoxy groups -OCH3 is 1. The van der Waals surface area contributed by atoms with Gasteiger partial charge in [0.05, 0.1) is 7.11 Å². The lowest BCUT2D eigenvalue weighted by Gasteiger charge is -2.35. The zero-order valence-corrected chi connectivity index (χ0v) is 12.5. The molecule has 0 bridgehead atoms. The normalized spacial score (nSPS) is 23.0. The molecule has 0 heterocycles. The average molecular weight is 278 g/mol. The smallest absolute Gasteiger partial charge is 0.120 e. The molecule has 0 aliphatic heterocycles. The van der Waals surface area contributed by atoms with Crippen molar-refractivity contribution < 1.29 is 9.84 Å². The van der Waals surface area contributed by atoms with E-state index in [-0.39, 0.29) is 0 Å². The van der Waals surface area contributed by atoms with E-state index in [0.717, 1.165) is 50.1 Å². The van der Waals surface area contributed by atoms with Gasteiger partial charge in [0.25, 0.3) is 0 Å². The summed E-state index contributed by atoms with van der Waals surface area (Å²) in [5.74, 6) is 1.14. The van der Waals surface area contributed by atoms with Crippen molar-refractivity contribution in [1.29, 1.82) is 0 Å². The van der Waals surface area contributed by atoms with Gasteiger partial charge < -0.3 is 15.6 Å². The first-order valence-corrected chi connectivity index (χ1v) is 7.49. The van der Waals surface area contributed by atoms with Crippen molar-refractivity contribution in [3.05, 3.63) is 23.8 Å². The highest BCUT2D eigenvalue weighted by Crippen LogP contribution is 2.28. The summed E-state index contributed by atoms with van der Waals surface area (Å²) in [6.45, 7) is 3.92. The van der Waals surface area contributed by atoms with Crippen LogP contribution in [-0.4, -0.2) is 35.7 Å². The molecule has 1 aliphatic carbocycles. The third kappa shape index (κ3) is 3.64. The molecular weight excluding hydrogens is 252 g/mol. The molecule has 0 amide bonds. The molecule has 1 aliphatic rings. The van der Waals surface area contributed by atoms with Gasteiger partial charge in [0, 0.05) is 24.2 Å². The summed E-state index contributed by atoms with van der Waals surface area (Å²) in [5.41, 5.74) is 6.91. The molecule has 1 aromatic rings. The minimum Gasteiger partial charge on any atom is -0.508 e. The van der Waals surface area contributed by atoms with Gasteiger partial charge in [-0.3, -0.25) is 4.90 Å². The number of phenols is 1. The minimum absolute atomic E-state index is 0.344. The van der Waals surface area contributed by atoms with Gasteiger partial charge in [-0.05, 0) is 50.4 Å². The average Bonchev–Trinajstić information content (AvgIpc) is 2.47. The van der Waals surface area contributed by atoms with Crippen LogP contribution in [0.2, 0.25) is 0 Å². The van der Waals surface area contributed by atoms with E-state index in [9.17, 15) is 5.11 Å². The van der Waals surface area contributed by atoms with Crippen LogP contribution in [0.5, 0.6) is 11.5 Å². The number of phenolic OH excluding ortho intramolecular Hbond substituents is 1. The van der Waals surface area contributed by atoms with Crippen molar-refractivity contribution in [1.82, 2.24) is 4.90 Å². The van der Waals surface area contributed by atoms with E-state index in [1.54, 1.807) is 19.2 Å². The van der Waals surface area contributed by atoms with Crippen LogP contribution in [0.4, 0.5) is 0 Å². The van der Waals surface area contributed by atoms with Crippen LogP contribution in [0.3, 0.4) is 0 Å². The van der Waals surface area contributed by atoms with Crippen LogP contribution in [0.25, 0.3) is 0 Å². The number of nitrogens with zero attached hydrogens (tertiary/aromatic N) is 1. The summed E-state index contributed by atoms with van der Waals surface area (Å²) in [6, 6.07) is 6.36. The Bertz CT molecular complexity index is 428. The molecule has 0 aromatic heterocycles. The van der Waals surface area contributed by atoms with Gasteiger partial charge in [0.15, 0.2) is 0 Å². The van der Waals surface area contributed by atoms with Gasteiger partial charge in [0.2, 0.25) is 0 Å². The second-order valence-corrected chi connectivity index (χ2v) is 5.63. The third-order valence-corrected chi connectivity index (χ3v) is 4.32. The van der Waals surface area contributed by atoms with Crippen LogP contribution >= 0.6 is 0 Å². The fraction of sp³-hybridized carbons (Fsp3) is 0.625. The first kappa shape index (κ1) is 15.1. The maximum Gasteiger partial charge on any atom is 0.120 e. The molecule has 4 heteroatoms. The van der Waals surface area contributed by atoms with E-state index < -0.39 is 0 Å². The van der Waals surface area contributed by atoms with E-state index >= 15 is 0 Å². The minimum atomic E-state index is 0.344. The Morgan fingerprint density at radius 3 is 2.60 bits per heavy atom. The molecular formula is C16H26N2O2. The predicted molar refractivity (Wildman–Crippen MR) is 81.0 cm³/mol. The summed E-state index contributed by atoms with van der Waals surface area (Å²) in [5, 5.41) is 10.0. The second-order valence-electron chi connectivity index (χ2n) is 5.63. The lowest BCUT2D eigenvalue weighted by Crippen LogP contribution is -2.40. The maximum absolute atomic E-state index is 10.0. The van der Waals surface area contributed by atoms with E-state index in [4.69, 9.17) is 10.5 Å². The monoisotopic (exact) mass is 278 g/mol. The van der Waals surface area contributed by atoms with Crippen molar-refractivity contribution in [2.24, 2.45) is 5.73 Å². The van der Waals surface area contributed by atoms with Gasteiger partial charge in [-0.15, -0.1) is 0 Å². The van der Waals surface area contributed by atoms with Gasteiger partial charge in [-0.2, -0.15) is 0 Å². The second kappa shape index (κ2) is 6.95. The fourth-order valence-electron chi connectivity index (χ4n) is 3.00. The zero-order chi connectivity index (χ0) is 14.5. The summed E-state index contributed by atoms with van der Waals surface area (Å²) in [6.07, 6.45) is 4.51. The van der Waals surface area contributed by atoms with Gasteiger partial charge in [0.1, 0.15) is 11.5 Å². The summed E-state index contributed by atoms with van der Waals surface area (Å²) in [7, 11) is 1.65. The number of hydrogen-bond donors (Lipinski definition) is 2. The van der Waals surface area contributed by atoms with E-state index in [1.165, 1.54) is 0 Å². The van der Waals surface area contributed by atoms with Crippen molar-refractivity contribution >= 4 is 0 Å². The molecule has 1 saturated carbocycles. The number of rotatable bonds is 5. The number of benzene rings is 1. The first-order chi connectivity index (χ1) is 9.63. The lowest BCUT2D eigenvalue weighted by molar-refractivity contribution is 0.148. The molecule has 1 aromatic carbocycles. The van der Waals surface area contributed by atoms with Crippen LogP contribution in [0, 0.1) is 0 Å². The molecule has 4 nitrogen and oxygen atoms in total. The highest BCUT2D eigenvalue weighted by atomic mass is 16.5. The van der Waals surface area contributed by atoms with Crippen LogP contribution < -0.4 is 10.5 Å². The first-order valence-electron chi connectivity index (χ1n) is 7.49. The number of hydrogen-bond acceptors (Lipinski definition) is 4. The molecule has 3 N–H and O–H groups in total. The number of nitrogens with two attached hydrogens (primary N) is 1. The van der Waals surface area contributed by atoms with E-state index in [0.29, 0.717) is 17.8 Å². The Morgan fingerprint density at radius 2 is 2.00 bits per heavy atom. The van der Waals surface area contributed by atoms with Crippen molar-refractivity contribution in [2.45, 2.75) is 51.2 Å². The maximum atomic E-state index is 10.0. The Labute approximate surface area is 121 Å². The van der Waals surface area contributed by atoms with Crippen LogP contribution in [0.1, 0.15) is 38.2 Å². The van der Waals surface area contributed by atoms with Crippen molar-refractivity contribution in [3.63, 3.8) is 0 Å². The summed E-state index contributed by atoms with van der Waals surface area (Å²) >= 11 is 0. The molecule has 0 unspecified atom stereocenters. The third-order valence-electron chi connectivity index (χ3n) is 4.32. The molecule has 112 valence electrons. The molecule has 0 atom stereocenters. The quantitative estimate of drug-likeness (QED) is 0.869. The highest BCUT2D eigenvalue weighted by Gasteiger charge is 2.24. The fourth-order valence-corrected chi connectivity index (χ4v) is 3.00. The van der Waals surface area contributed by atoms with Gasteiger partial charge in [-0.1, -0.05) is 6.92 Å². The largest absolute Gasteiger partial charge is 0.508 e. The number of aromatic hydroxyl groups is 1. The Kier molecular flexibility index (Phi) is 5.26. The van der Waals surface area contributed by atoms with Gasteiger partial charge in [-0.25, -0.2) is 0 Å². The molecule has 20 heavy (non-hydrogen) atoms. The summed E-state index contributed by atoms with van der Waals surface area (Å²) < 4.78 is 5.24. The number of ether oxygens (including phenoxy) is 1. The molecule has 2 rings (SSSR count). The van der Waals surface area contributed by atoms with Crippen LogP contribution in [-0.2, 0) is 6.54 Å². The Balaban J connectivity index is 2.06. The Morgan fingerprint density at radius 1 is 1.30 bits per heavy atom. The van der Waals surface area contributed by atoms with E-state index in [2.05, 4.69) is 11.8 Å². The lowest BCUT2D eigenvalue weighted by atomic mass is 9.90. The van der Waals surface area contributed by atoms with Crippen molar-refractivity contribution in [2.75, 3.05) is 13.7 Å². The van der Waals surface area contributed by atoms with Gasteiger partial charge >= 0.3 is 0 Å². The standard InChI is InChI=1S/C16H26N2O2/c1-3-18(14-6-4-13(17)5-7-14)11-12-10-15(20-2)8-9-16(12)19/h8-10,13-14,19H,3-7,11,17H2,1-2H3. The van der Waals surface area contributed by atoms with Crippen molar-refractivity contribution in [3.8, 4) is 11.5 Å². The molecule has 1 fully saturated rings. The van der Waals surface area contributed by atoms with E-state index in [1.807, 2.05) is 6.07 Å². The van der Waals surface area contributed by atoms with Crippen LogP contribution in [0.15, 0.2) is 18.2 Å². The molecule has 0 radical (unpaired) electrons. The molecule has 0 spiro atoms. The molecule has 0 saturated heterocycles. The Hall–Kier alpha value is -1.26. The topological polar surface area (TPSA) is 58.7 Å².